The van der Waals surface area contributed by atoms with Gasteiger partial charge in [0.1, 0.15) is 5.69 Å². The van der Waals surface area contributed by atoms with Crippen molar-refractivity contribution in [3.63, 3.8) is 0 Å². The molecule has 1 aliphatic rings. The second-order valence-electron chi connectivity index (χ2n) is 6.34. The fourth-order valence-electron chi connectivity index (χ4n) is 3.01. The average Bonchev–Trinajstić information content (AvgIpc) is 3.10. The highest BCUT2D eigenvalue weighted by Gasteiger charge is 2.32. The van der Waals surface area contributed by atoms with Crippen molar-refractivity contribution in [2.75, 3.05) is 37.9 Å². The molecule has 1 N–H and O–H groups in total. The van der Waals surface area contributed by atoms with Crippen LogP contribution in [0.25, 0.3) is 0 Å². The highest BCUT2D eigenvalue weighted by atomic mass is 16.2. The molecule has 1 fully saturated rings. The van der Waals surface area contributed by atoms with Gasteiger partial charge < -0.3 is 15.1 Å². The van der Waals surface area contributed by atoms with Gasteiger partial charge in [-0.15, -0.1) is 5.10 Å². The van der Waals surface area contributed by atoms with Gasteiger partial charge in [0.15, 0.2) is 5.82 Å². The quantitative estimate of drug-likeness (QED) is 0.905. The van der Waals surface area contributed by atoms with Gasteiger partial charge in [0, 0.05) is 33.4 Å². The molecule has 1 amide bonds. The molecule has 132 valence electrons. The predicted octanol–water partition coefficient (Wildman–Crippen LogP) is 1.66. The van der Waals surface area contributed by atoms with Crippen molar-refractivity contribution in [3.05, 3.63) is 35.3 Å². The Labute approximate surface area is 147 Å². The third-order valence-corrected chi connectivity index (χ3v) is 4.28. The van der Waals surface area contributed by atoms with Crippen LogP contribution < -0.4 is 10.2 Å². The van der Waals surface area contributed by atoms with Crippen LogP contribution in [0.2, 0.25) is 0 Å². The molecule has 25 heavy (non-hydrogen) atoms. The second kappa shape index (κ2) is 7.00. The Balaban J connectivity index is 1.86. The molecule has 1 atom stereocenters. The number of aryl methyl sites for hydroxylation is 1. The number of carbonyl (C=O) groups is 1. The molecule has 8 heteroatoms. The van der Waals surface area contributed by atoms with Crippen molar-refractivity contribution in [3.8, 4) is 0 Å². The van der Waals surface area contributed by atoms with Crippen LogP contribution in [0.3, 0.4) is 0 Å². The van der Waals surface area contributed by atoms with Gasteiger partial charge in [0.25, 0.3) is 5.91 Å². The van der Waals surface area contributed by atoms with E-state index < -0.39 is 0 Å². The molecule has 0 aromatic carbocycles. The lowest BCUT2D eigenvalue weighted by Crippen LogP contribution is -2.32. The van der Waals surface area contributed by atoms with E-state index >= 15 is 0 Å². The molecule has 1 aliphatic heterocycles. The molecule has 2 aromatic rings. The average molecular weight is 341 g/mol. The first kappa shape index (κ1) is 17.1. The molecule has 0 radical (unpaired) electrons. The summed E-state index contributed by atoms with van der Waals surface area (Å²) in [5.41, 5.74) is 1.98. The molecule has 0 aliphatic carbocycles. The van der Waals surface area contributed by atoms with Gasteiger partial charge in [-0.25, -0.2) is 9.97 Å². The predicted molar refractivity (Wildman–Crippen MR) is 95.7 cm³/mol. The van der Waals surface area contributed by atoms with Crippen LogP contribution in [-0.2, 0) is 0 Å². The van der Waals surface area contributed by atoms with Crippen molar-refractivity contribution < 1.29 is 4.79 Å². The Morgan fingerprint density at radius 1 is 1.28 bits per heavy atom. The minimum absolute atomic E-state index is 0.0653. The third-order valence-electron chi connectivity index (χ3n) is 4.28. The monoisotopic (exact) mass is 341 g/mol. The van der Waals surface area contributed by atoms with Gasteiger partial charge in [-0.05, 0) is 38.0 Å². The Hall–Kier alpha value is -2.77. The third kappa shape index (κ3) is 3.52. The van der Waals surface area contributed by atoms with E-state index in [1.54, 1.807) is 13.1 Å². The number of nitrogens with zero attached hydrogens (tertiary/aromatic N) is 6. The van der Waals surface area contributed by atoms with Crippen LogP contribution in [-0.4, -0.2) is 58.7 Å². The zero-order valence-electron chi connectivity index (χ0n) is 15.0. The molecule has 2 aromatic heterocycles. The first-order chi connectivity index (χ1) is 12.0. The number of carbonyl (C=O) groups excluding carboxylic acids is 1. The summed E-state index contributed by atoms with van der Waals surface area (Å²) in [6, 6.07) is 5.53. The highest BCUT2D eigenvalue weighted by Crippen LogP contribution is 2.32. The van der Waals surface area contributed by atoms with Gasteiger partial charge in [-0.2, -0.15) is 5.10 Å². The summed E-state index contributed by atoms with van der Waals surface area (Å²) in [6.07, 6.45) is 1.82. The topological polar surface area (TPSA) is 87.1 Å². The Kier molecular flexibility index (Phi) is 4.78. The first-order valence-electron chi connectivity index (χ1n) is 8.35. The minimum Gasteiger partial charge on any atom is -0.361 e. The van der Waals surface area contributed by atoms with Crippen molar-refractivity contribution in [1.29, 1.82) is 0 Å². The van der Waals surface area contributed by atoms with Gasteiger partial charge >= 0.3 is 0 Å². The van der Waals surface area contributed by atoms with Crippen LogP contribution in [0, 0.1) is 6.92 Å². The van der Waals surface area contributed by atoms with Gasteiger partial charge in [-0.3, -0.25) is 4.79 Å². The zero-order valence-corrected chi connectivity index (χ0v) is 15.0. The number of anilines is 2. The molecule has 1 saturated heterocycles. The molecular weight excluding hydrogens is 318 g/mol. The van der Waals surface area contributed by atoms with Crippen molar-refractivity contribution >= 4 is 17.7 Å². The maximum absolute atomic E-state index is 13.0. The first-order valence-corrected chi connectivity index (χ1v) is 8.35. The molecule has 3 heterocycles. The van der Waals surface area contributed by atoms with Crippen LogP contribution >= 0.6 is 0 Å². The number of aromatic nitrogens is 4. The highest BCUT2D eigenvalue weighted by molar-refractivity contribution is 5.93. The van der Waals surface area contributed by atoms with Crippen molar-refractivity contribution in [1.82, 2.24) is 25.1 Å². The molecule has 1 unspecified atom stereocenters. The summed E-state index contributed by atoms with van der Waals surface area (Å²) in [5, 5.41) is 11.5. The standard InChI is InChI=1S/C17H23N7O/c1-11-10-13(20-17(18-2)19-11)16(25)24-9-5-6-14(24)12-7-8-15(22-21-12)23(3)4/h7-8,10,14H,5-6,9H2,1-4H3,(H,18,19,20). The maximum Gasteiger partial charge on any atom is 0.273 e. The lowest BCUT2D eigenvalue weighted by molar-refractivity contribution is 0.0726. The fraction of sp³-hybridized carbons (Fsp3) is 0.471. The number of nitrogens with one attached hydrogen (secondary N) is 1. The Bertz CT molecular complexity index is 760. The second-order valence-corrected chi connectivity index (χ2v) is 6.34. The van der Waals surface area contributed by atoms with Gasteiger partial charge in [-0.1, -0.05) is 0 Å². The van der Waals surface area contributed by atoms with E-state index in [2.05, 4.69) is 25.5 Å². The molecule has 8 nitrogen and oxygen atoms in total. The van der Waals surface area contributed by atoms with Gasteiger partial charge in [0.2, 0.25) is 5.95 Å². The molecular formula is C17H23N7O. The molecule has 3 rings (SSSR count). The number of likely N-dealkylation sites (tertiary alicyclic amines) is 1. The van der Waals surface area contributed by atoms with E-state index in [0.29, 0.717) is 18.2 Å². The summed E-state index contributed by atoms with van der Waals surface area (Å²) in [7, 11) is 5.58. The van der Waals surface area contributed by atoms with E-state index in [1.165, 1.54) is 0 Å². The number of amides is 1. The lowest BCUT2D eigenvalue weighted by Gasteiger charge is -2.24. The summed E-state index contributed by atoms with van der Waals surface area (Å²) in [4.78, 5) is 25.3. The SMILES string of the molecule is CNc1nc(C)cc(C(=O)N2CCCC2c2ccc(N(C)C)nn2)n1. The normalized spacial score (nSPS) is 16.8. The minimum atomic E-state index is -0.0945. The largest absolute Gasteiger partial charge is 0.361 e. The van der Waals surface area contributed by atoms with Crippen LogP contribution in [0.5, 0.6) is 0 Å². The van der Waals surface area contributed by atoms with Crippen molar-refractivity contribution in [2.45, 2.75) is 25.8 Å². The summed E-state index contributed by atoms with van der Waals surface area (Å²) in [6.45, 7) is 2.55. The Morgan fingerprint density at radius 3 is 2.72 bits per heavy atom. The lowest BCUT2D eigenvalue weighted by atomic mass is 10.1. The van der Waals surface area contributed by atoms with E-state index in [4.69, 9.17) is 0 Å². The maximum atomic E-state index is 13.0. The van der Waals surface area contributed by atoms with Gasteiger partial charge in [0.05, 0.1) is 11.7 Å². The Morgan fingerprint density at radius 2 is 2.08 bits per heavy atom. The van der Waals surface area contributed by atoms with E-state index in [1.807, 2.05) is 43.0 Å². The number of rotatable bonds is 4. The van der Waals surface area contributed by atoms with E-state index in [-0.39, 0.29) is 11.9 Å². The summed E-state index contributed by atoms with van der Waals surface area (Å²) >= 11 is 0. The van der Waals surface area contributed by atoms with Crippen LogP contribution in [0.1, 0.15) is 40.8 Å². The van der Waals surface area contributed by atoms with Crippen LogP contribution in [0.4, 0.5) is 11.8 Å². The zero-order chi connectivity index (χ0) is 18.0. The van der Waals surface area contributed by atoms with Crippen LogP contribution in [0.15, 0.2) is 18.2 Å². The number of hydrogen-bond donors (Lipinski definition) is 1. The van der Waals surface area contributed by atoms with E-state index in [0.717, 1.165) is 30.0 Å². The molecule has 0 bridgehead atoms. The van der Waals surface area contributed by atoms with E-state index in [9.17, 15) is 4.79 Å². The molecule has 0 spiro atoms. The fourth-order valence-corrected chi connectivity index (χ4v) is 3.01. The smallest absolute Gasteiger partial charge is 0.273 e. The summed E-state index contributed by atoms with van der Waals surface area (Å²) in [5.74, 6) is 1.15. The molecule has 0 saturated carbocycles. The summed E-state index contributed by atoms with van der Waals surface area (Å²) < 4.78 is 0. The number of hydrogen-bond acceptors (Lipinski definition) is 7. The van der Waals surface area contributed by atoms with Crippen molar-refractivity contribution in [2.24, 2.45) is 0 Å².